The molecule has 9 heteroatoms. The Hall–Kier alpha value is -3.69. The molecule has 2 rings (SSSR count). The second-order valence-corrected chi connectivity index (χ2v) is 8.10. The van der Waals surface area contributed by atoms with Crippen molar-refractivity contribution >= 4 is 11.9 Å². The Morgan fingerprint density at radius 1 is 0.865 bits per heavy atom. The Kier molecular flexibility index (Phi) is 12.3. The second kappa shape index (κ2) is 15.4. The fraction of sp³-hybridized carbons (Fsp3) is 0.357. The molecule has 2 aromatic carbocycles. The van der Waals surface area contributed by atoms with E-state index in [0.29, 0.717) is 17.9 Å². The standard InChI is InChI=1S/C28H33FO8/c1-4-22-11-21(7-5-6-10-29)8-9-26(22)23-12-24(34-17-36-27(32)19(2)15-30)14-25(13-23)35-18-37-28(33)20(3)16-31/h8-9,11-14,30-31H,2-7,10,15-18H2,1H3. The molecule has 0 fully saturated rings. The highest BCUT2D eigenvalue weighted by Gasteiger charge is 2.13. The number of carbonyl (C=O) groups is 2. The summed E-state index contributed by atoms with van der Waals surface area (Å²) in [6, 6.07) is 11.1. The molecule has 0 spiro atoms. The van der Waals surface area contributed by atoms with Gasteiger partial charge in [-0.2, -0.15) is 0 Å². The van der Waals surface area contributed by atoms with E-state index in [2.05, 4.69) is 19.2 Å². The van der Waals surface area contributed by atoms with Crippen LogP contribution in [0.3, 0.4) is 0 Å². The summed E-state index contributed by atoms with van der Waals surface area (Å²) in [5.41, 5.74) is 3.64. The zero-order valence-electron chi connectivity index (χ0n) is 21.0. The average molecular weight is 517 g/mol. The number of halogens is 1. The van der Waals surface area contributed by atoms with Crippen molar-refractivity contribution in [3.63, 3.8) is 0 Å². The molecule has 200 valence electrons. The molecule has 0 unspecified atom stereocenters. The third-order valence-corrected chi connectivity index (χ3v) is 5.38. The van der Waals surface area contributed by atoms with Crippen LogP contribution in [0.5, 0.6) is 11.5 Å². The molecule has 8 nitrogen and oxygen atoms in total. The maximum atomic E-state index is 12.5. The number of esters is 2. The van der Waals surface area contributed by atoms with Gasteiger partial charge >= 0.3 is 11.9 Å². The molecule has 0 aliphatic carbocycles. The number of unbranched alkanes of at least 4 members (excludes halogenated alkanes) is 1. The van der Waals surface area contributed by atoms with Crippen LogP contribution in [-0.2, 0) is 31.9 Å². The number of rotatable bonds is 16. The number of hydrogen-bond donors (Lipinski definition) is 2. The van der Waals surface area contributed by atoms with Gasteiger partial charge < -0.3 is 29.2 Å². The van der Waals surface area contributed by atoms with E-state index in [-0.39, 0.29) is 17.8 Å². The summed E-state index contributed by atoms with van der Waals surface area (Å²) in [7, 11) is 0. The molecule has 0 saturated carbocycles. The quantitative estimate of drug-likeness (QED) is 0.149. The van der Waals surface area contributed by atoms with Gasteiger partial charge in [0.05, 0.1) is 31.0 Å². The van der Waals surface area contributed by atoms with Crippen molar-refractivity contribution in [1.82, 2.24) is 0 Å². The summed E-state index contributed by atoms with van der Waals surface area (Å²) in [6.07, 6.45) is 2.82. The van der Waals surface area contributed by atoms with Crippen LogP contribution >= 0.6 is 0 Å². The molecular formula is C28H33FO8. The lowest BCUT2D eigenvalue weighted by Gasteiger charge is -2.15. The Bertz CT molecular complexity index is 1040. The van der Waals surface area contributed by atoms with Gasteiger partial charge in [0.15, 0.2) is 0 Å². The highest BCUT2D eigenvalue weighted by atomic mass is 19.1. The highest BCUT2D eigenvalue weighted by Crippen LogP contribution is 2.33. The SMILES string of the molecule is C=C(CO)C(=O)OCOc1cc(OCOC(=O)C(=C)CO)cc(-c2ccc(CCCCF)cc2CC)c1. The van der Waals surface area contributed by atoms with Gasteiger partial charge in [-0.25, -0.2) is 9.59 Å². The van der Waals surface area contributed by atoms with E-state index in [0.717, 1.165) is 41.5 Å². The van der Waals surface area contributed by atoms with Crippen molar-refractivity contribution < 1.29 is 43.1 Å². The van der Waals surface area contributed by atoms with Crippen molar-refractivity contribution in [3.8, 4) is 22.6 Å². The molecule has 0 heterocycles. The number of ether oxygens (including phenoxy) is 4. The summed E-state index contributed by atoms with van der Waals surface area (Å²) in [5, 5.41) is 18.0. The number of aliphatic hydroxyl groups is 2. The molecule has 0 atom stereocenters. The first-order chi connectivity index (χ1) is 17.8. The van der Waals surface area contributed by atoms with Gasteiger partial charge in [-0.3, -0.25) is 4.39 Å². The lowest BCUT2D eigenvalue weighted by atomic mass is 9.94. The van der Waals surface area contributed by atoms with Gasteiger partial charge in [0, 0.05) is 6.07 Å². The highest BCUT2D eigenvalue weighted by molar-refractivity contribution is 5.88. The van der Waals surface area contributed by atoms with E-state index in [1.165, 1.54) is 6.07 Å². The minimum absolute atomic E-state index is 0.105. The van der Waals surface area contributed by atoms with Crippen molar-refractivity contribution in [3.05, 3.63) is 71.8 Å². The van der Waals surface area contributed by atoms with Gasteiger partial charge in [-0.05, 0) is 60.1 Å². The van der Waals surface area contributed by atoms with Crippen molar-refractivity contribution in [2.24, 2.45) is 0 Å². The predicted molar refractivity (Wildman–Crippen MR) is 136 cm³/mol. The van der Waals surface area contributed by atoms with Gasteiger partial charge in [-0.15, -0.1) is 0 Å². The van der Waals surface area contributed by atoms with Gasteiger partial charge in [0.25, 0.3) is 0 Å². The van der Waals surface area contributed by atoms with Crippen LogP contribution in [0, 0.1) is 0 Å². The first-order valence-corrected chi connectivity index (χ1v) is 11.8. The summed E-state index contributed by atoms with van der Waals surface area (Å²) in [4.78, 5) is 23.5. The topological polar surface area (TPSA) is 112 Å². The number of carbonyl (C=O) groups excluding carboxylic acids is 2. The molecule has 0 aromatic heterocycles. The first kappa shape index (κ1) is 29.5. The fourth-order valence-electron chi connectivity index (χ4n) is 3.33. The van der Waals surface area contributed by atoms with E-state index in [1.807, 2.05) is 19.1 Å². The minimum atomic E-state index is -0.789. The number of hydrogen-bond acceptors (Lipinski definition) is 8. The van der Waals surface area contributed by atoms with E-state index >= 15 is 0 Å². The molecule has 0 amide bonds. The average Bonchev–Trinajstić information content (AvgIpc) is 2.91. The molecule has 0 bridgehead atoms. The third kappa shape index (κ3) is 9.36. The number of alkyl halides is 1. The van der Waals surface area contributed by atoms with Crippen LogP contribution in [0.25, 0.3) is 11.1 Å². The Morgan fingerprint density at radius 2 is 1.43 bits per heavy atom. The maximum Gasteiger partial charge on any atom is 0.338 e. The lowest BCUT2D eigenvalue weighted by molar-refractivity contribution is -0.146. The second-order valence-electron chi connectivity index (χ2n) is 8.10. The van der Waals surface area contributed by atoms with Crippen LogP contribution in [-0.4, -0.2) is 55.6 Å². The Morgan fingerprint density at radius 3 is 1.92 bits per heavy atom. The Labute approximate surface area is 215 Å². The van der Waals surface area contributed by atoms with E-state index in [9.17, 15) is 14.0 Å². The van der Waals surface area contributed by atoms with Gasteiger partial charge in [0.2, 0.25) is 13.6 Å². The first-order valence-electron chi connectivity index (χ1n) is 11.8. The minimum Gasteiger partial charge on any atom is -0.457 e. The summed E-state index contributed by atoms with van der Waals surface area (Å²) in [5.74, 6) is -0.948. The fourth-order valence-corrected chi connectivity index (χ4v) is 3.33. The molecule has 0 saturated heterocycles. The van der Waals surface area contributed by atoms with Crippen LogP contribution < -0.4 is 9.47 Å². The van der Waals surface area contributed by atoms with Gasteiger partial charge in [0.1, 0.15) is 11.5 Å². The van der Waals surface area contributed by atoms with E-state index < -0.39 is 38.7 Å². The molecule has 0 aliphatic rings. The van der Waals surface area contributed by atoms with Crippen LogP contribution in [0.1, 0.15) is 30.9 Å². The lowest BCUT2D eigenvalue weighted by Crippen LogP contribution is -2.14. The zero-order valence-corrected chi connectivity index (χ0v) is 21.0. The monoisotopic (exact) mass is 516 g/mol. The Balaban J connectivity index is 2.28. The summed E-state index contributed by atoms with van der Waals surface area (Å²) >= 11 is 0. The number of aliphatic hydroxyl groups excluding tert-OH is 2. The van der Waals surface area contributed by atoms with Crippen LogP contribution in [0.4, 0.5) is 4.39 Å². The molecule has 37 heavy (non-hydrogen) atoms. The molecule has 0 radical (unpaired) electrons. The normalized spacial score (nSPS) is 10.5. The van der Waals surface area contributed by atoms with Crippen molar-refractivity contribution in [2.75, 3.05) is 33.5 Å². The molecule has 2 N–H and O–H groups in total. The molecular weight excluding hydrogens is 483 g/mol. The van der Waals surface area contributed by atoms with Crippen molar-refractivity contribution in [2.45, 2.75) is 32.6 Å². The van der Waals surface area contributed by atoms with Crippen LogP contribution in [0.2, 0.25) is 0 Å². The van der Waals surface area contributed by atoms with E-state index in [4.69, 9.17) is 29.2 Å². The smallest absolute Gasteiger partial charge is 0.338 e. The van der Waals surface area contributed by atoms with E-state index in [1.54, 1.807) is 12.1 Å². The number of aryl methyl sites for hydroxylation is 2. The maximum absolute atomic E-state index is 12.5. The molecule has 2 aromatic rings. The summed E-state index contributed by atoms with van der Waals surface area (Å²) in [6.45, 7) is 6.58. The van der Waals surface area contributed by atoms with Gasteiger partial charge in [-0.1, -0.05) is 38.3 Å². The molecule has 0 aliphatic heterocycles. The van der Waals surface area contributed by atoms with Crippen molar-refractivity contribution in [1.29, 1.82) is 0 Å². The third-order valence-electron chi connectivity index (χ3n) is 5.38. The largest absolute Gasteiger partial charge is 0.457 e. The summed E-state index contributed by atoms with van der Waals surface area (Å²) < 4.78 is 33.5. The van der Waals surface area contributed by atoms with Crippen LogP contribution in [0.15, 0.2) is 60.7 Å². The number of benzene rings is 2. The zero-order chi connectivity index (χ0) is 27.2. The predicted octanol–water partition coefficient (Wildman–Crippen LogP) is 4.06.